The minimum absolute atomic E-state index is 0.000558. The second-order valence-corrected chi connectivity index (χ2v) is 12.3. The van der Waals surface area contributed by atoms with Crippen LogP contribution in [0.25, 0.3) is 22.4 Å². The molecule has 1 aliphatic heterocycles. The van der Waals surface area contributed by atoms with E-state index in [2.05, 4.69) is 15.3 Å². The SMILES string of the molecule is Cc1cncc(-c2ccc(C(=O)NCC(C=O)(c3cc4c(c(-c5ccc(F)cc5)n3)OC[C@]4(C)C(N)=O)C(F)(F)F)cc2OC2CC2)c1. The summed E-state index contributed by atoms with van der Waals surface area (Å²) < 4.78 is 70.7. The number of benzene rings is 2. The first kappa shape index (κ1) is 32.6. The van der Waals surface area contributed by atoms with E-state index in [0.29, 0.717) is 11.3 Å². The van der Waals surface area contributed by atoms with Crippen molar-refractivity contribution in [3.8, 4) is 33.9 Å². The number of pyridine rings is 2. The third-order valence-electron chi connectivity index (χ3n) is 8.67. The van der Waals surface area contributed by atoms with Crippen molar-refractivity contribution >= 4 is 18.1 Å². The first-order chi connectivity index (χ1) is 22.8. The van der Waals surface area contributed by atoms with Crippen molar-refractivity contribution in [3.63, 3.8) is 0 Å². The molecule has 2 aromatic heterocycles. The number of halogens is 4. The second kappa shape index (κ2) is 12.0. The zero-order valence-electron chi connectivity index (χ0n) is 25.9. The quantitative estimate of drug-likeness (QED) is 0.173. The molecule has 2 aliphatic rings. The lowest BCUT2D eigenvalue weighted by atomic mass is 9.78. The molecule has 0 radical (unpaired) electrons. The molecule has 4 aromatic rings. The monoisotopic (exact) mass is 662 g/mol. The second-order valence-electron chi connectivity index (χ2n) is 12.3. The summed E-state index contributed by atoms with van der Waals surface area (Å²) in [5, 5.41) is 2.27. The molecule has 248 valence electrons. The van der Waals surface area contributed by atoms with Crippen LogP contribution in [0.3, 0.4) is 0 Å². The van der Waals surface area contributed by atoms with Crippen LogP contribution in [-0.4, -0.2) is 53.5 Å². The summed E-state index contributed by atoms with van der Waals surface area (Å²) in [5.41, 5.74) is 2.18. The lowest BCUT2D eigenvalue weighted by Crippen LogP contribution is -2.53. The van der Waals surface area contributed by atoms with Gasteiger partial charge in [-0.1, -0.05) is 0 Å². The third kappa shape index (κ3) is 5.84. The maximum Gasteiger partial charge on any atom is 0.408 e. The van der Waals surface area contributed by atoms with Gasteiger partial charge >= 0.3 is 6.18 Å². The van der Waals surface area contributed by atoms with E-state index < -0.39 is 46.9 Å². The van der Waals surface area contributed by atoms with Gasteiger partial charge in [-0.05, 0) is 86.8 Å². The average Bonchev–Trinajstić information content (AvgIpc) is 3.80. The zero-order valence-corrected chi connectivity index (χ0v) is 25.9. The Bertz CT molecular complexity index is 1930. The molecule has 9 nitrogen and oxygen atoms in total. The number of nitrogens with one attached hydrogen (secondary N) is 1. The number of nitrogens with two attached hydrogens (primary N) is 1. The molecule has 0 saturated heterocycles. The smallest absolute Gasteiger partial charge is 0.408 e. The van der Waals surface area contributed by atoms with Crippen molar-refractivity contribution in [3.05, 3.63) is 95.2 Å². The molecular weight excluding hydrogens is 632 g/mol. The lowest BCUT2D eigenvalue weighted by molar-refractivity contribution is -0.186. The summed E-state index contributed by atoms with van der Waals surface area (Å²) in [6.45, 7) is 1.74. The van der Waals surface area contributed by atoms with Gasteiger partial charge in [0.1, 0.15) is 41.3 Å². The fourth-order valence-corrected chi connectivity index (χ4v) is 5.51. The Labute approximate surface area is 272 Å². The van der Waals surface area contributed by atoms with Gasteiger partial charge in [-0.25, -0.2) is 9.37 Å². The number of hydrogen-bond acceptors (Lipinski definition) is 7. The maximum absolute atomic E-state index is 15.1. The van der Waals surface area contributed by atoms with Gasteiger partial charge in [0.2, 0.25) is 5.91 Å². The predicted molar refractivity (Wildman–Crippen MR) is 166 cm³/mol. The Hall–Kier alpha value is -5.33. The number of aromatic nitrogens is 2. The molecule has 1 aliphatic carbocycles. The number of rotatable bonds is 10. The number of ether oxygens (including phenoxy) is 2. The number of aldehydes is 1. The number of hydrogen-bond donors (Lipinski definition) is 2. The van der Waals surface area contributed by atoms with Gasteiger partial charge < -0.3 is 25.3 Å². The summed E-state index contributed by atoms with van der Waals surface area (Å²) in [7, 11) is 0. The summed E-state index contributed by atoms with van der Waals surface area (Å²) in [5.74, 6) is -2.04. The number of nitrogens with zero attached hydrogens (tertiary/aromatic N) is 2. The number of aryl methyl sites for hydroxylation is 1. The highest BCUT2D eigenvalue weighted by Gasteiger charge is 2.59. The molecule has 0 spiro atoms. The Morgan fingerprint density at radius 1 is 1.08 bits per heavy atom. The normalized spacial score (nSPS) is 18.3. The van der Waals surface area contributed by atoms with Crippen LogP contribution in [0.2, 0.25) is 0 Å². The molecular formula is C35H30F4N4O5. The number of primary amides is 1. The number of fused-ring (bicyclic) bond motifs is 1. The average molecular weight is 663 g/mol. The van der Waals surface area contributed by atoms with Crippen LogP contribution >= 0.6 is 0 Å². The Morgan fingerprint density at radius 2 is 1.81 bits per heavy atom. The molecule has 2 atom stereocenters. The van der Waals surface area contributed by atoms with Gasteiger partial charge in [-0.15, -0.1) is 0 Å². The maximum atomic E-state index is 15.1. The number of alkyl halides is 3. The molecule has 13 heteroatoms. The topological polar surface area (TPSA) is 134 Å². The van der Waals surface area contributed by atoms with E-state index >= 15 is 13.2 Å². The fourth-order valence-electron chi connectivity index (χ4n) is 5.51. The zero-order chi connectivity index (χ0) is 34.4. The van der Waals surface area contributed by atoms with Gasteiger partial charge in [-0.2, -0.15) is 13.2 Å². The summed E-state index contributed by atoms with van der Waals surface area (Å²) >= 11 is 0. The largest absolute Gasteiger partial charge is 0.490 e. The molecule has 1 saturated carbocycles. The van der Waals surface area contributed by atoms with E-state index in [1.54, 1.807) is 18.5 Å². The third-order valence-corrected chi connectivity index (χ3v) is 8.67. The Kier molecular flexibility index (Phi) is 8.18. The van der Waals surface area contributed by atoms with Crippen molar-refractivity contribution in [1.82, 2.24) is 15.3 Å². The molecule has 3 N–H and O–H groups in total. The molecule has 0 bridgehead atoms. The van der Waals surface area contributed by atoms with Gasteiger partial charge in [0.15, 0.2) is 5.41 Å². The molecule has 1 fully saturated rings. The first-order valence-corrected chi connectivity index (χ1v) is 15.0. The van der Waals surface area contributed by atoms with Crippen LogP contribution in [0.4, 0.5) is 17.6 Å². The fraction of sp³-hybridized carbons (Fsp3) is 0.286. The molecule has 2 aromatic carbocycles. The van der Waals surface area contributed by atoms with Crippen LogP contribution < -0.4 is 20.5 Å². The lowest BCUT2D eigenvalue weighted by Gasteiger charge is -2.31. The highest BCUT2D eigenvalue weighted by molar-refractivity contribution is 5.96. The van der Waals surface area contributed by atoms with E-state index in [-0.39, 0.29) is 47.1 Å². The first-order valence-electron chi connectivity index (χ1n) is 15.0. The molecule has 6 rings (SSSR count). The van der Waals surface area contributed by atoms with Gasteiger partial charge in [0, 0.05) is 46.8 Å². The van der Waals surface area contributed by atoms with Gasteiger partial charge in [0.05, 0.1) is 11.8 Å². The minimum atomic E-state index is -5.27. The number of carbonyl (C=O) groups excluding carboxylic acids is 3. The number of amides is 2. The van der Waals surface area contributed by atoms with Crippen molar-refractivity contribution in [2.75, 3.05) is 13.2 Å². The summed E-state index contributed by atoms with van der Waals surface area (Å²) in [4.78, 5) is 47.0. The van der Waals surface area contributed by atoms with Crippen LogP contribution in [0.15, 0.2) is 67.0 Å². The van der Waals surface area contributed by atoms with Crippen LogP contribution in [0, 0.1) is 12.7 Å². The summed E-state index contributed by atoms with van der Waals surface area (Å²) in [6.07, 6.45) is -0.679. The highest BCUT2D eigenvalue weighted by atomic mass is 19.4. The Morgan fingerprint density at radius 3 is 2.44 bits per heavy atom. The summed E-state index contributed by atoms with van der Waals surface area (Å²) in [6, 6.07) is 12.1. The Balaban J connectivity index is 1.40. The molecule has 3 heterocycles. The van der Waals surface area contributed by atoms with Crippen LogP contribution in [-0.2, 0) is 20.4 Å². The van der Waals surface area contributed by atoms with E-state index in [1.165, 1.54) is 31.2 Å². The molecule has 1 unspecified atom stereocenters. The standard InChI is InChI=1S/C35H30F4N4O5/c1-19-11-22(15-41-14-19)25-10-5-21(12-27(25)48-24-8-9-24)31(45)42-16-34(17-44,35(37,38)39)28-13-26-30(47-18-33(26,2)32(40)46)29(43-28)20-3-6-23(36)7-4-20/h3-7,10-15,17,24H,8-9,16,18H2,1-2H3,(H2,40,46)(H,42,45)/t33-,34?/m0/s1. The van der Waals surface area contributed by atoms with Crippen LogP contribution in [0.5, 0.6) is 11.5 Å². The predicted octanol–water partition coefficient (Wildman–Crippen LogP) is 5.36. The van der Waals surface area contributed by atoms with E-state index in [9.17, 15) is 18.8 Å². The van der Waals surface area contributed by atoms with Crippen molar-refractivity contribution in [1.29, 1.82) is 0 Å². The van der Waals surface area contributed by atoms with Crippen LogP contribution in [0.1, 0.15) is 46.9 Å². The van der Waals surface area contributed by atoms with E-state index in [1.807, 2.05) is 13.0 Å². The van der Waals surface area contributed by atoms with E-state index in [4.69, 9.17) is 15.2 Å². The van der Waals surface area contributed by atoms with E-state index in [0.717, 1.165) is 42.2 Å². The van der Waals surface area contributed by atoms with Crippen molar-refractivity contribution in [2.24, 2.45) is 5.73 Å². The van der Waals surface area contributed by atoms with Crippen molar-refractivity contribution < 1.29 is 41.4 Å². The van der Waals surface area contributed by atoms with Crippen molar-refractivity contribution in [2.45, 2.75) is 49.8 Å². The van der Waals surface area contributed by atoms with Gasteiger partial charge in [-0.3, -0.25) is 14.6 Å². The number of carbonyl (C=O) groups is 3. The minimum Gasteiger partial charge on any atom is -0.490 e. The molecule has 48 heavy (non-hydrogen) atoms. The van der Waals surface area contributed by atoms with Gasteiger partial charge in [0.25, 0.3) is 5.91 Å². The molecule has 2 amide bonds. The highest BCUT2D eigenvalue weighted by Crippen LogP contribution is 2.48.